The van der Waals surface area contributed by atoms with Crippen molar-refractivity contribution in [2.24, 2.45) is 5.73 Å². The second kappa shape index (κ2) is 6.00. The van der Waals surface area contributed by atoms with Gasteiger partial charge in [0.05, 0.1) is 6.04 Å². The summed E-state index contributed by atoms with van der Waals surface area (Å²) in [5.74, 6) is 0.0263. The fraction of sp³-hybridized carbons (Fsp3) is 0.353. The number of amides is 1. The summed E-state index contributed by atoms with van der Waals surface area (Å²) in [5, 5.41) is 5.03. The zero-order chi connectivity index (χ0) is 14.8. The molecule has 0 bridgehead atoms. The van der Waals surface area contributed by atoms with Gasteiger partial charge in [-0.2, -0.15) is 0 Å². The van der Waals surface area contributed by atoms with Crippen molar-refractivity contribution < 1.29 is 4.79 Å². The Hall–Kier alpha value is -1.65. The quantitative estimate of drug-likeness (QED) is 0.915. The third kappa shape index (κ3) is 2.74. The van der Waals surface area contributed by atoms with Crippen molar-refractivity contribution in [1.29, 1.82) is 0 Å². The van der Waals surface area contributed by atoms with E-state index in [2.05, 4.69) is 35.8 Å². The lowest BCUT2D eigenvalue weighted by Crippen LogP contribution is -2.23. The van der Waals surface area contributed by atoms with Gasteiger partial charge in [0.2, 0.25) is 0 Å². The number of carbonyl (C=O) groups excluding carboxylic acids is 1. The molecule has 4 heteroatoms. The predicted octanol–water partition coefficient (Wildman–Crippen LogP) is 3.03. The van der Waals surface area contributed by atoms with Gasteiger partial charge in [-0.1, -0.05) is 19.1 Å². The molecule has 0 fully saturated rings. The van der Waals surface area contributed by atoms with E-state index in [0.717, 1.165) is 42.5 Å². The molecule has 1 atom stereocenters. The van der Waals surface area contributed by atoms with E-state index in [1.165, 1.54) is 10.4 Å². The highest BCUT2D eigenvalue weighted by atomic mass is 32.1. The Morgan fingerprint density at radius 3 is 3.05 bits per heavy atom. The van der Waals surface area contributed by atoms with Crippen molar-refractivity contribution in [3.8, 4) is 0 Å². The number of aryl methyl sites for hydroxylation is 2. The Morgan fingerprint density at radius 1 is 1.38 bits per heavy atom. The Labute approximate surface area is 129 Å². The van der Waals surface area contributed by atoms with E-state index >= 15 is 0 Å². The number of rotatable bonds is 3. The van der Waals surface area contributed by atoms with Gasteiger partial charge in [-0.15, -0.1) is 11.3 Å². The highest BCUT2D eigenvalue weighted by Gasteiger charge is 2.19. The predicted molar refractivity (Wildman–Crippen MR) is 86.8 cm³/mol. The van der Waals surface area contributed by atoms with Gasteiger partial charge < -0.3 is 11.1 Å². The van der Waals surface area contributed by atoms with Crippen molar-refractivity contribution in [3.63, 3.8) is 0 Å². The molecule has 1 unspecified atom stereocenters. The first-order chi connectivity index (χ1) is 10.2. The third-order valence-electron chi connectivity index (χ3n) is 4.09. The number of carbonyl (C=O) groups is 1. The summed E-state index contributed by atoms with van der Waals surface area (Å²) in [6.07, 6.45) is 2.93. The first-order valence-electron chi connectivity index (χ1n) is 7.43. The molecule has 110 valence electrons. The van der Waals surface area contributed by atoms with Crippen LogP contribution in [0.25, 0.3) is 0 Å². The number of hydrogen-bond donors (Lipinski definition) is 2. The second-order valence-electron chi connectivity index (χ2n) is 5.42. The van der Waals surface area contributed by atoms with Crippen LogP contribution < -0.4 is 11.1 Å². The van der Waals surface area contributed by atoms with Crippen LogP contribution in [0.2, 0.25) is 0 Å². The minimum atomic E-state index is -0.152. The Balaban J connectivity index is 1.98. The Kier molecular flexibility index (Phi) is 4.08. The summed E-state index contributed by atoms with van der Waals surface area (Å²) in [6, 6.07) is 8.09. The third-order valence-corrected chi connectivity index (χ3v) is 5.13. The summed E-state index contributed by atoms with van der Waals surface area (Å²) in [5.41, 5.74) is 10.7. The van der Waals surface area contributed by atoms with E-state index in [-0.39, 0.29) is 11.9 Å². The van der Waals surface area contributed by atoms with Crippen LogP contribution in [0.5, 0.6) is 0 Å². The molecule has 1 aromatic heterocycles. The molecule has 1 aliphatic rings. The molecule has 3 N–H and O–H groups in total. The summed E-state index contributed by atoms with van der Waals surface area (Å²) < 4.78 is 0. The normalized spacial score (nSPS) is 16.0. The van der Waals surface area contributed by atoms with Crippen LogP contribution in [-0.2, 0) is 12.8 Å². The Morgan fingerprint density at radius 2 is 2.24 bits per heavy atom. The van der Waals surface area contributed by atoms with Crippen LogP contribution >= 0.6 is 11.3 Å². The van der Waals surface area contributed by atoms with Gasteiger partial charge >= 0.3 is 0 Å². The van der Waals surface area contributed by atoms with Crippen molar-refractivity contribution in [2.45, 2.75) is 32.2 Å². The van der Waals surface area contributed by atoms with Crippen LogP contribution in [-0.4, -0.2) is 12.5 Å². The molecule has 1 aromatic carbocycles. The van der Waals surface area contributed by atoms with Crippen molar-refractivity contribution in [1.82, 2.24) is 5.32 Å². The van der Waals surface area contributed by atoms with E-state index in [1.807, 2.05) is 6.07 Å². The second-order valence-corrected chi connectivity index (χ2v) is 6.37. The molecule has 0 aliphatic carbocycles. The van der Waals surface area contributed by atoms with Crippen LogP contribution in [0.1, 0.15) is 51.3 Å². The van der Waals surface area contributed by atoms with E-state index in [0.29, 0.717) is 0 Å². The van der Waals surface area contributed by atoms with E-state index in [1.54, 1.807) is 11.3 Å². The number of nitrogens with one attached hydrogen (secondary N) is 1. The molecule has 0 saturated heterocycles. The van der Waals surface area contributed by atoms with E-state index in [4.69, 9.17) is 5.73 Å². The van der Waals surface area contributed by atoms with Crippen LogP contribution in [0.3, 0.4) is 0 Å². The monoisotopic (exact) mass is 300 g/mol. The van der Waals surface area contributed by atoms with Gasteiger partial charge in [0.1, 0.15) is 0 Å². The van der Waals surface area contributed by atoms with Crippen molar-refractivity contribution in [3.05, 3.63) is 56.8 Å². The molecule has 0 radical (unpaired) electrons. The average molecular weight is 300 g/mol. The topological polar surface area (TPSA) is 55.1 Å². The SMILES string of the molecule is CCc1ccsc1C(N)c1ccc2c(c1)C(=O)NCCC2. The molecule has 0 saturated carbocycles. The molecule has 2 heterocycles. The smallest absolute Gasteiger partial charge is 0.251 e. The van der Waals surface area contributed by atoms with Gasteiger partial charge in [-0.05, 0) is 53.5 Å². The highest BCUT2D eigenvalue weighted by molar-refractivity contribution is 7.10. The maximum absolute atomic E-state index is 12.1. The zero-order valence-electron chi connectivity index (χ0n) is 12.2. The van der Waals surface area contributed by atoms with Crippen LogP contribution in [0.15, 0.2) is 29.6 Å². The summed E-state index contributed by atoms with van der Waals surface area (Å²) in [4.78, 5) is 13.3. The standard InChI is InChI=1S/C17H20N2OS/c1-2-11-7-9-21-16(11)15(18)13-6-5-12-4-3-8-19-17(20)14(12)10-13/h5-7,9-10,15H,2-4,8,18H2,1H3,(H,19,20). The molecule has 1 aliphatic heterocycles. The maximum Gasteiger partial charge on any atom is 0.251 e. The van der Waals surface area contributed by atoms with Crippen LogP contribution in [0, 0.1) is 0 Å². The van der Waals surface area contributed by atoms with Crippen molar-refractivity contribution in [2.75, 3.05) is 6.54 Å². The lowest BCUT2D eigenvalue weighted by Gasteiger charge is -2.15. The summed E-state index contributed by atoms with van der Waals surface area (Å²) in [6.45, 7) is 2.89. The van der Waals surface area contributed by atoms with Gasteiger partial charge in [0.25, 0.3) is 5.91 Å². The zero-order valence-corrected chi connectivity index (χ0v) is 13.0. The number of nitrogens with two attached hydrogens (primary N) is 1. The van der Waals surface area contributed by atoms with Gasteiger partial charge in [0, 0.05) is 17.0 Å². The molecular formula is C17H20N2OS. The molecule has 21 heavy (non-hydrogen) atoms. The molecule has 2 aromatic rings. The first kappa shape index (κ1) is 14.3. The highest BCUT2D eigenvalue weighted by Crippen LogP contribution is 2.30. The lowest BCUT2D eigenvalue weighted by molar-refractivity contribution is 0.0956. The minimum absolute atomic E-state index is 0.0263. The maximum atomic E-state index is 12.1. The molecule has 3 nitrogen and oxygen atoms in total. The largest absolute Gasteiger partial charge is 0.352 e. The van der Waals surface area contributed by atoms with Gasteiger partial charge in [0.15, 0.2) is 0 Å². The van der Waals surface area contributed by atoms with E-state index < -0.39 is 0 Å². The van der Waals surface area contributed by atoms with Gasteiger partial charge in [-0.25, -0.2) is 0 Å². The molecule has 3 rings (SSSR count). The molecule has 1 amide bonds. The average Bonchev–Trinajstić information content (AvgIpc) is 2.91. The summed E-state index contributed by atoms with van der Waals surface area (Å²) >= 11 is 1.69. The van der Waals surface area contributed by atoms with Crippen molar-refractivity contribution >= 4 is 17.2 Å². The number of fused-ring (bicyclic) bond motifs is 1. The van der Waals surface area contributed by atoms with E-state index in [9.17, 15) is 4.79 Å². The van der Waals surface area contributed by atoms with Gasteiger partial charge in [-0.3, -0.25) is 4.79 Å². The lowest BCUT2D eigenvalue weighted by atomic mass is 9.96. The fourth-order valence-electron chi connectivity index (χ4n) is 2.86. The number of hydrogen-bond acceptors (Lipinski definition) is 3. The fourth-order valence-corrected chi connectivity index (χ4v) is 3.88. The number of thiophene rings is 1. The molecular weight excluding hydrogens is 280 g/mol. The minimum Gasteiger partial charge on any atom is -0.352 e. The summed E-state index contributed by atoms with van der Waals surface area (Å²) in [7, 11) is 0. The molecule has 0 spiro atoms. The number of benzene rings is 1. The first-order valence-corrected chi connectivity index (χ1v) is 8.31. The Bertz CT molecular complexity index is 663. The van der Waals surface area contributed by atoms with Crippen LogP contribution in [0.4, 0.5) is 0 Å².